The van der Waals surface area contributed by atoms with E-state index < -0.39 is 66.2 Å². The number of nitrogens with two attached hydrogens (primary N) is 1. The molecule has 13 nitrogen and oxygen atoms in total. The zero-order valence-corrected chi connectivity index (χ0v) is 20.1. The van der Waals surface area contributed by atoms with Gasteiger partial charge in [-0.15, -0.1) is 0 Å². The van der Waals surface area contributed by atoms with Gasteiger partial charge in [-0.1, -0.05) is 13.8 Å². The van der Waals surface area contributed by atoms with Crippen LogP contribution in [-0.2, 0) is 30.4 Å². The van der Waals surface area contributed by atoms with E-state index in [1.54, 1.807) is 13.8 Å². The highest BCUT2D eigenvalue weighted by molar-refractivity contribution is 7.98. The first kappa shape index (κ1) is 28.9. The summed E-state index contributed by atoms with van der Waals surface area (Å²) in [7, 11) is 0. The Morgan fingerprint density at radius 3 is 2.18 bits per heavy atom. The first-order valence-corrected chi connectivity index (χ1v) is 11.9. The lowest BCUT2D eigenvalue weighted by Gasteiger charge is -2.25. The summed E-state index contributed by atoms with van der Waals surface area (Å²) in [4.78, 5) is 67.5. The van der Waals surface area contributed by atoms with E-state index in [0.717, 1.165) is 0 Å². The number of aromatic amines is 1. The molecule has 1 aromatic heterocycles. The summed E-state index contributed by atoms with van der Waals surface area (Å²) < 4.78 is 0. The third-order valence-corrected chi connectivity index (χ3v) is 5.47. The van der Waals surface area contributed by atoms with Gasteiger partial charge in [0.1, 0.15) is 18.1 Å². The molecule has 3 amide bonds. The lowest BCUT2D eigenvalue weighted by molar-refractivity contribution is -0.144. The topological polar surface area (TPSA) is 217 Å². The molecule has 4 unspecified atom stereocenters. The highest BCUT2D eigenvalue weighted by atomic mass is 32.2. The van der Waals surface area contributed by atoms with Crippen LogP contribution in [-0.4, -0.2) is 86.0 Å². The van der Waals surface area contributed by atoms with Crippen molar-refractivity contribution in [2.24, 2.45) is 11.7 Å². The second-order valence-electron chi connectivity index (χ2n) is 7.96. The Morgan fingerprint density at radius 1 is 1.06 bits per heavy atom. The standard InChI is InChI=1S/C20H32N6O7S/c1-10(2)16(20(32)33)26-19(31)14(7-15(27)28)25-18(30)13(6-11-8-22-9-23-11)24-17(29)12(21)4-5-34-3/h8-10,12-14,16H,4-7,21H2,1-3H3,(H,22,23)(H,24,29)(H,25,30)(H,26,31)(H,27,28)(H,32,33). The molecule has 0 saturated heterocycles. The second-order valence-corrected chi connectivity index (χ2v) is 8.94. The van der Waals surface area contributed by atoms with Crippen LogP contribution in [0.15, 0.2) is 12.5 Å². The number of nitrogens with one attached hydrogen (secondary N) is 4. The predicted octanol–water partition coefficient (Wildman–Crippen LogP) is -1.30. The average molecular weight is 501 g/mol. The number of carboxylic acids is 2. The first-order chi connectivity index (χ1) is 16.0. The van der Waals surface area contributed by atoms with Gasteiger partial charge in [0.15, 0.2) is 0 Å². The molecule has 4 atom stereocenters. The van der Waals surface area contributed by atoms with Gasteiger partial charge in [-0.2, -0.15) is 11.8 Å². The van der Waals surface area contributed by atoms with E-state index in [9.17, 15) is 34.2 Å². The molecule has 1 heterocycles. The number of carbonyl (C=O) groups excluding carboxylic acids is 3. The fraction of sp³-hybridized carbons (Fsp3) is 0.600. The summed E-state index contributed by atoms with van der Waals surface area (Å²) in [5.74, 6) is -4.93. The number of carbonyl (C=O) groups is 5. The number of H-pyrrole nitrogens is 1. The third-order valence-electron chi connectivity index (χ3n) is 4.82. The van der Waals surface area contributed by atoms with E-state index in [0.29, 0.717) is 17.9 Å². The molecule has 8 N–H and O–H groups in total. The fourth-order valence-corrected chi connectivity index (χ4v) is 3.39. The maximum Gasteiger partial charge on any atom is 0.326 e. The lowest BCUT2D eigenvalue weighted by Crippen LogP contribution is -2.58. The average Bonchev–Trinajstić information content (AvgIpc) is 3.26. The van der Waals surface area contributed by atoms with Gasteiger partial charge < -0.3 is 36.9 Å². The molecule has 0 aliphatic carbocycles. The monoisotopic (exact) mass is 500 g/mol. The quantitative estimate of drug-likeness (QED) is 0.151. The minimum absolute atomic E-state index is 0.0298. The Kier molecular flexibility index (Phi) is 12.1. The molecule has 0 spiro atoms. The minimum Gasteiger partial charge on any atom is -0.481 e. The lowest BCUT2D eigenvalue weighted by atomic mass is 10.0. The maximum atomic E-state index is 13.0. The molecular weight excluding hydrogens is 468 g/mol. The molecule has 0 aliphatic heterocycles. The van der Waals surface area contributed by atoms with Crippen LogP contribution in [0.4, 0.5) is 0 Å². The van der Waals surface area contributed by atoms with Crippen LogP contribution in [0.2, 0.25) is 0 Å². The number of aromatic nitrogens is 2. The summed E-state index contributed by atoms with van der Waals surface area (Å²) in [5, 5.41) is 25.6. The molecule has 0 radical (unpaired) electrons. The van der Waals surface area contributed by atoms with Gasteiger partial charge in [-0.3, -0.25) is 19.2 Å². The number of thioether (sulfide) groups is 1. The third kappa shape index (κ3) is 9.79. The van der Waals surface area contributed by atoms with Crippen LogP contribution in [0.3, 0.4) is 0 Å². The first-order valence-electron chi connectivity index (χ1n) is 10.5. The normalized spacial score (nSPS) is 14.5. The molecule has 1 aromatic rings. The molecular formula is C20H32N6O7S. The summed E-state index contributed by atoms with van der Waals surface area (Å²) >= 11 is 1.51. The SMILES string of the molecule is CSCCC(N)C(=O)NC(Cc1cnc[nH]1)C(=O)NC(CC(=O)O)C(=O)NC(C(=O)O)C(C)C. The maximum absolute atomic E-state index is 13.0. The van der Waals surface area contributed by atoms with Crippen molar-refractivity contribution in [2.75, 3.05) is 12.0 Å². The highest BCUT2D eigenvalue weighted by Gasteiger charge is 2.32. The van der Waals surface area contributed by atoms with Crippen molar-refractivity contribution >= 4 is 41.4 Å². The van der Waals surface area contributed by atoms with E-state index in [2.05, 4.69) is 25.9 Å². The van der Waals surface area contributed by atoms with Crippen LogP contribution >= 0.6 is 11.8 Å². The van der Waals surface area contributed by atoms with E-state index in [1.165, 1.54) is 24.3 Å². The summed E-state index contributed by atoms with van der Waals surface area (Å²) in [6.45, 7) is 3.14. The van der Waals surface area contributed by atoms with Crippen molar-refractivity contribution in [3.05, 3.63) is 18.2 Å². The van der Waals surface area contributed by atoms with Gasteiger partial charge in [0.25, 0.3) is 0 Å². The number of rotatable bonds is 15. The van der Waals surface area contributed by atoms with Crippen LogP contribution < -0.4 is 21.7 Å². The molecule has 0 aliphatic rings. The van der Waals surface area contributed by atoms with Gasteiger partial charge in [0.05, 0.1) is 18.8 Å². The summed E-state index contributed by atoms with van der Waals surface area (Å²) in [5.41, 5.74) is 6.38. The van der Waals surface area contributed by atoms with Crippen LogP contribution in [0, 0.1) is 5.92 Å². The van der Waals surface area contributed by atoms with Gasteiger partial charge in [-0.05, 0) is 24.3 Å². The fourth-order valence-electron chi connectivity index (χ4n) is 2.90. The van der Waals surface area contributed by atoms with Crippen molar-refractivity contribution in [3.63, 3.8) is 0 Å². The molecule has 190 valence electrons. The summed E-state index contributed by atoms with van der Waals surface area (Å²) in [6, 6.07) is -4.92. The Labute approximate surface area is 201 Å². The number of aliphatic carboxylic acids is 2. The zero-order valence-electron chi connectivity index (χ0n) is 19.2. The van der Waals surface area contributed by atoms with Gasteiger partial charge in [0.2, 0.25) is 17.7 Å². The number of nitrogens with zero attached hydrogens (tertiary/aromatic N) is 1. The number of carboxylic acid groups (broad SMARTS) is 2. The molecule has 0 aromatic carbocycles. The molecule has 0 fully saturated rings. The van der Waals surface area contributed by atoms with Crippen LogP contribution in [0.1, 0.15) is 32.4 Å². The van der Waals surface area contributed by atoms with Crippen LogP contribution in [0.25, 0.3) is 0 Å². The van der Waals surface area contributed by atoms with Crippen LogP contribution in [0.5, 0.6) is 0 Å². The number of hydrogen-bond donors (Lipinski definition) is 7. The van der Waals surface area contributed by atoms with E-state index in [-0.39, 0.29) is 6.42 Å². The Balaban J connectivity index is 3.04. The highest BCUT2D eigenvalue weighted by Crippen LogP contribution is 2.06. The Bertz CT molecular complexity index is 848. The number of imidazole rings is 1. The number of hydrogen-bond acceptors (Lipinski definition) is 8. The van der Waals surface area contributed by atoms with Gasteiger partial charge >= 0.3 is 11.9 Å². The van der Waals surface area contributed by atoms with E-state index in [4.69, 9.17) is 5.73 Å². The Morgan fingerprint density at radius 2 is 1.68 bits per heavy atom. The zero-order chi connectivity index (χ0) is 25.8. The van der Waals surface area contributed by atoms with E-state index >= 15 is 0 Å². The van der Waals surface area contributed by atoms with Gasteiger partial charge in [0, 0.05) is 18.3 Å². The Hall–Kier alpha value is -3.13. The van der Waals surface area contributed by atoms with Crippen molar-refractivity contribution in [1.29, 1.82) is 0 Å². The van der Waals surface area contributed by atoms with Crippen molar-refractivity contribution in [3.8, 4) is 0 Å². The molecule has 0 bridgehead atoms. The van der Waals surface area contributed by atoms with Crippen molar-refractivity contribution in [2.45, 2.75) is 57.3 Å². The van der Waals surface area contributed by atoms with E-state index in [1.807, 2.05) is 6.26 Å². The second kappa shape index (κ2) is 14.2. The van der Waals surface area contributed by atoms with Crippen molar-refractivity contribution < 1.29 is 34.2 Å². The summed E-state index contributed by atoms with van der Waals surface area (Å²) in [6.07, 6.45) is 4.25. The number of amides is 3. The smallest absolute Gasteiger partial charge is 0.326 e. The molecule has 34 heavy (non-hydrogen) atoms. The van der Waals surface area contributed by atoms with Gasteiger partial charge in [-0.25, -0.2) is 9.78 Å². The van der Waals surface area contributed by atoms with Crippen molar-refractivity contribution in [1.82, 2.24) is 25.9 Å². The molecule has 14 heteroatoms. The largest absolute Gasteiger partial charge is 0.481 e. The molecule has 1 rings (SSSR count). The predicted molar refractivity (Wildman–Crippen MR) is 124 cm³/mol. The molecule has 0 saturated carbocycles. The minimum atomic E-state index is -1.57.